The number of hydrogen-bond donors (Lipinski definition) is 1. The molecule has 3 unspecified atom stereocenters. The highest BCUT2D eigenvalue weighted by atomic mass is 16.3. The van der Waals surface area contributed by atoms with Gasteiger partial charge in [0.25, 0.3) is 0 Å². The van der Waals surface area contributed by atoms with Gasteiger partial charge in [-0.1, -0.05) is 150 Å². The van der Waals surface area contributed by atoms with E-state index in [0.29, 0.717) is 5.75 Å². The van der Waals surface area contributed by atoms with Gasteiger partial charge in [-0.25, -0.2) is 0 Å². The Bertz CT molecular complexity index is 845. The first-order valence-electron chi connectivity index (χ1n) is 17.1. The fourth-order valence-electron chi connectivity index (χ4n) is 7.49. The molecule has 0 radical (unpaired) electrons. The zero-order chi connectivity index (χ0) is 28.9. The number of allylic oxidation sites excluding steroid dienone is 1. The maximum absolute atomic E-state index is 12.1. The lowest BCUT2D eigenvalue weighted by Gasteiger charge is -2.38. The van der Waals surface area contributed by atoms with Crippen LogP contribution < -0.4 is 0 Å². The van der Waals surface area contributed by atoms with Crippen molar-refractivity contribution in [3.05, 3.63) is 41.5 Å². The van der Waals surface area contributed by atoms with Gasteiger partial charge in [-0.3, -0.25) is 0 Å². The molecule has 0 amide bonds. The summed E-state index contributed by atoms with van der Waals surface area (Å²) in [6, 6.07) is 4.76. The van der Waals surface area contributed by atoms with Crippen molar-refractivity contribution in [3.8, 4) is 5.75 Å². The summed E-state index contributed by atoms with van der Waals surface area (Å²) in [5, 5.41) is 12.1. The highest BCUT2D eigenvalue weighted by Gasteiger charge is 2.35. The molecule has 0 heterocycles. The minimum atomic E-state index is 0.0505. The number of phenols is 1. The first-order valence-corrected chi connectivity index (χ1v) is 17.1. The number of fused-ring (bicyclic) bond motifs is 2. The zero-order valence-electron chi connectivity index (χ0n) is 27.4. The van der Waals surface area contributed by atoms with Crippen molar-refractivity contribution in [2.45, 2.75) is 181 Å². The Labute approximate surface area is 244 Å². The van der Waals surface area contributed by atoms with Gasteiger partial charge in [0.15, 0.2) is 0 Å². The first kappa shape index (κ1) is 34.0. The normalized spacial score (nSPS) is 27.1. The fraction of sp³-hybridized carbons (Fsp3) is 0.789. The number of rotatable bonds is 6. The average molecular weight is 539 g/mol. The van der Waals surface area contributed by atoms with E-state index < -0.39 is 0 Å². The van der Waals surface area contributed by atoms with Crippen LogP contribution in [0.3, 0.4) is 0 Å². The van der Waals surface area contributed by atoms with Gasteiger partial charge in [-0.05, 0) is 71.8 Å². The Hall–Kier alpha value is -1.24. The van der Waals surface area contributed by atoms with Crippen LogP contribution >= 0.6 is 0 Å². The standard InChI is InChI=1S/C38H66O/c1-9-24-37(11-3)26-20-17-19-23-31(5)22-18-15-13-14-16-21-27-38(12-4,25-10-2)34-29-33(36(6,7)8)28-32(30-37)35(34)39/h11,28-29,31,39H,3,9-10,12-27,30H2,1-2,4-8H3. The van der Waals surface area contributed by atoms with Gasteiger partial charge < -0.3 is 5.11 Å². The van der Waals surface area contributed by atoms with Crippen molar-refractivity contribution >= 4 is 0 Å². The maximum atomic E-state index is 12.1. The van der Waals surface area contributed by atoms with Crippen LogP contribution in [0, 0.1) is 11.3 Å². The van der Waals surface area contributed by atoms with Crippen molar-refractivity contribution in [1.29, 1.82) is 0 Å². The molecule has 1 N–H and O–H groups in total. The quantitative estimate of drug-likeness (QED) is 0.357. The third-order valence-electron chi connectivity index (χ3n) is 10.2. The lowest BCUT2D eigenvalue weighted by Crippen LogP contribution is -2.28. The SMILES string of the molecule is C=CC1(CCC)CCCCCC(C)CCCCCCCCC(CC)(CCC)c2cc(C(C)(C)C)cc(c2O)C1. The van der Waals surface area contributed by atoms with Crippen molar-refractivity contribution in [2.24, 2.45) is 11.3 Å². The van der Waals surface area contributed by atoms with Gasteiger partial charge in [0.1, 0.15) is 5.75 Å². The molecule has 2 bridgehead atoms. The van der Waals surface area contributed by atoms with Gasteiger partial charge in [0.2, 0.25) is 0 Å². The summed E-state index contributed by atoms with van der Waals surface area (Å²) < 4.78 is 0. The van der Waals surface area contributed by atoms with E-state index in [2.05, 4.69) is 73.3 Å². The molecule has 0 aliphatic heterocycles. The van der Waals surface area contributed by atoms with Crippen LogP contribution in [0.4, 0.5) is 0 Å². The Kier molecular flexibility index (Phi) is 14.2. The van der Waals surface area contributed by atoms with E-state index in [1.807, 2.05) is 0 Å². The molecule has 224 valence electrons. The zero-order valence-corrected chi connectivity index (χ0v) is 27.4. The van der Waals surface area contributed by atoms with E-state index in [-0.39, 0.29) is 16.2 Å². The van der Waals surface area contributed by atoms with Crippen molar-refractivity contribution in [2.75, 3.05) is 0 Å². The Morgan fingerprint density at radius 1 is 0.846 bits per heavy atom. The van der Waals surface area contributed by atoms with Crippen LogP contribution in [-0.2, 0) is 17.3 Å². The largest absolute Gasteiger partial charge is 0.507 e. The summed E-state index contributed by atoms with van der Waals surface area (Å²) in [5.41, 5.74) is 3.97. The molecular weight excluding hydrogens is 472 g/mol. The maximum Gasteiger partial charge on any atom is 0.122 e. The van der Waals surface area contributed by atoms with Crippen molar-refractivity contribution < 1.29 is 5.11 Å². The molecule has 39 heavy (non-hydrogen) atoms. The molecule has 0 spiro atoms. The van der Waals surface area contributed by atoms with Gasteiger partial charge in [-0.15, -0.1) is 6.58 Å². The van der Waals surface area contributed by atoms with E-state index in [4.69, 9.17) is 0 Å². The molecule has 1 aromatic carbocycles. The van der Waals surface area contributed by atoms with Crippen LogP contribution in [0.15, 0.2) is 24.8 Å². The summed E-state index contributed by atoms with van der Waals surface area (Å²) in [4.78, 5) is 0. The molecule has 0 aromatic heterocycles. The molecule has 1 heteroatoms. The molecule has 1 aliphatic carbocycles. The number of aromatic hydroxyl groups is 1. The molecule has 1 nitrogen and oxygen atoms in total. The van der Waals surface area contributed by atoms with Crippen LogP contribution in [0.25, 0.3) is 0 Å². The van der Waals surface area contributed by atoms with E-state index in [0.717, 1.165) is 44.4 Å². The molecule has 1 aliphatic rings. The van der Waals surface area contributed by atoms with Gasteiger partial charge >= 0.3 is 0 Å². The Balaban J connectivity index is 2.58. The predicted octanol–water partition coefficient (Wildman–Crippen LogP) is 12.4. The third-order valence-corrected chi connectivity index (χ3v) is 10.2. The molecular formula is C38H66O. The highest BCUT2D eigenvalue weighted by molar-refractivity contribution is 5.50. The van der Waals surface area contributed by atoms with E-state index in [1.165, 1.54) is 100 Å². The minimum absolute atomic E-state index is 0.0505. The van der Waals surface area contributed by atoms with Gasteiger partial charge in [0, 0.05) is 5.56 Å². The van der Waals surface area contributed by atoms with Crippen LogP contribution in [0.5, 0.6) is 5.75 Å². The summed E-state index contributed by atoms with van der Waals surface area (Å²) in [6.07, 6.45) is 26.1. The molecule has 0 fully saturated rings. The lowest BCUT2D eigenvalue weighted by atomic mass is 9.67. The van der Waals surface area contributed by atoms with Gasteiger partial charge in [0.05, 0.1) is 0 Å². The number of benzene rings is 1. The van der Waals surface area contributed by atoms with E-state index >= 15 is 0 Å². The third kappa shape index (κ3) is 9.97. The summed E-state index contributed by atoms with van der Waals surface area (Å²) >= 11 is 0. The summed E-state index contributed by atoms with van der Waals surface area (Å²) in [5.74, 6) is 1.47. The van der Waals surface area contributed by atoms with Crippen molar-refractivity contribution in [1.82, 2.24) is 0 Å². The Morgan fingerprint density at radius 2 is 1.41 bits per heavy atom. The van der Waals surface area contributed by atoms with Crippen LogP contribution in [0.1, 0.15) is 181 Å². The second-order valence-corrected chi connectivity index (χ2v) is 14.5. The Morgan fingerprint density at radius 3 is 1.97 bits per heavy atom. The molecule has 1 aromatic rings. The topological polar surface area (TPSA) is 20.2 Å². The van der Waals surface area contributed by atoms with E-state index in [1.54, 1.807) is 0 Å². The fourth-order valence-corrected chi connectivity index (χ4v) is 7.49. The van der Waals surface area contributed by atoms with Crippen LogP contribution in [-0.4, -0.2) is 5.11 Å². The molecule has 2 rings (SSSR count). The second kappa shape index (κ2) is 16.3. The second-order valence-electron chi connectivity index (χ2n) is 14.5. The average Bonchev–Trinajstić information content (AvgIpc) is 2.89. The molecule has 3 atom stereocenters. The van der Waals surface area contributed by atoms with Crippen LogP contribution in [0.2, 0.25) is 0 Å². The monoisotopic (exact) mass is 539 g/mol. The minimum Gasteiger partial charge on any atom is -0.507 e. The van der Waals surface area contributed by atoms with E-state index in [9.17, 15) is 5.11 Å². The smallest absolute Gasteiger partial charge is 0.122 e. The van der Waals surface area contributed by atoms with Gasteiger partial charge in [-0.2, -0.15) is 0 Å². The number of phenolic OH excluding ortho intramolecular Hbond substituents is 1. The lowest BCUT2D eigenvalue weighted by molar-refractivity contribution is 0.290. The predicted molar refractivity (Wildman–Crippen MR) is 174 cm³/mol. The number of hydrogen-bond acceptors (Lipinski definition) is 1. The molecule has 0 saturated heterocycles. The first-order chi connectivity index (χ1) is 18.6. The summed E-state index contributed by atoms with van der Waals surface area (Å²) in [7, 11) is 0. The van der Waals surface area contributed by atoms with Crippen molar-refractivity contribution in [3.63, 3.8) is 0 Å². The summed E-state index contributed by atoms with van der Waals surface area (Å²) in [6.45, 7) is 20.9. The molecule has 0 saturated carbocycles. The highest BCUT2D eigenvalue weighted by Crippen LogP contribution is 2.47.